The zero-order valence-corrected chi connectivity index (χ0v) is 16.5. The largest absolute Gasteiger partial charge is 0.497 e. The van der Waals surface area contributed by atoms with E-state index in [0.29, 0.717) is 0 Å². The molecule has 9 nitrogen and oxygen atoms in total. The van der Waals surface area contributed by atoms with Crippen molar-refractivity contribution in [3.8, 4) is 11.5 Å². The molecule has 3 rings (SSSR count). The van der Waals surface area contributed by atoms with Gasteiger partial charge in [-0.3, -0.25) is 9.80 Å². The molecule has 2 N–H and O–H groups in total. The Bertz CT molecular complexity index is 772. The first-order chi connectivity index (χ1) is 13.9. The van der Waals surface area contributed by atoms with E-state index < -0.39 is 11.9 Å². The highest BCUT2D eigenvalue weighted by Gasteiger charge is 2.19. The minimum absolute atomic E-state index is 0.872. The standard InChI is InChI=1S/C18H24N2O3.C2H2O4/c1-21-16-5-6-18(22-2)15(12-16)13-19-7-9-20(10-8-19)14-17-4-3-11-23-17;3-1(4)2(5)6/h3-6,11-12H,7-10,13-14H2,1-2H3;(H,3,4)(H,5,6). The van der Waals surface area contributed by atoms with E-state index in [1.54, 1.807) is 20.5 Å². The van der Waals surface area contributed by atoms with Crippen LogP contribution in [0, 0.1) is 0 Å². The van der Waals surface area contributed by atoms with Gasteiger partial charge in [0.15, 0.2) is 0 Å². The molecule has 9 heteroatoms. The van der Waals surface area contributed by atoms with Gasteiger partial charge >= 0.3 is 11.9 Å². The van der Waals surface area contributed by atoms with Gasteiger partial charge in [0.1, 0.15) is 17.3 Å². The average molecular weight is 406 g/mol. The molecule has 0 saturated carbocycles. The summed E-state index contributed by atoms with van der Waals surface area (Å²) >= 11 is 0. The fraction of sp³-hybridized carbons (Fsp3) is 0.400. The predicted molar refractivity (Wildman–Crippen MR) is 104 cm³/mol. The number of nitrogens with zero attached hydrogens (tertiary/aromatic N) is 2. The Labute approximate surface area is 169 Å². The van der Waals surface area contributed by atoms with Crippen LogP contribution in [0.15, 0.2) is 41.0 Å². The fourth-order valence-electron chi connectivity index (χ4n) is 2.97. The van der Waals surface area contributed by atoms with Crippen LogP contribution in [-0.4, -0.2) is 72.4 Å². The lowest BCUT2D eigenvalue weighted by atomic mass is 10.1. The summed E-state index contributed by atoms with van der Waals surface area (Å²) in [6.07, 6.45) is 1.74. The number of rotatable bonds is 6. The second-order valence-corrected chi connectivity index (χ2v) is 6.42. The number of carbonyl (C=O) groups is 2. The van der Waals surface area contributed by atoms with Gasteiger partial charge in [0.2, 0.25) is 0 Å². The molecular weight excluding hydrogens is 380 g/mol. The summed E-state index contributed by atoms with van der Waals surface area (Å²) < 4.78 is 16.2. The molecule has 1 aromatic heterocycles. The first kappa shape index (κ1) is 22.3. The first-order valence-electron chi connectivity index (χ1n) is 9.07. The number of methoxy groups -OCH3 is 2. The average Bonchev–Trinajstić information content (AvgIpc) is 3.23. The van der Waals surface area contributed by atoms with E-state index in [4.69, 9.17) is 33.7 Å². The van der Waals surface area contributed by atoms with Crippen LogP contribution in [0.4, 0.5) is 0 Å². The molecule has 0 amide bonds. The lowest BCUT2D eigenvalue weighted by molar-refractivity contribution is -0.159. The van der Waals surface area contributed by atoms with E-state index >= 15 is 0 Å². The van der Waals surface area contributed by atoms with E-state index in [1.807, 2.05) is 24.3 Å². The van der Waals surface area contributed by atoms with Crippen molar-refractivity contribution < 1.29 is 33.7 Å². The highest BCUT2D eigenvalue weighted by Crippen LogP contribution is 2.25. The van der Waals surface area contributed by atoms with Crippen molar-refractivity contribution in [3.05, 3.63) is 47.9 Å². The van der Waals surface area contributed by atoms with Crippen LogP contribution in [0.5, 0.6) is 11.5 Å². The van der Waals surface area contributed by atoms with Gasteiger partial charge in [-0.25, -0.2) is 9.59 Å². The number of ether oxygens (including phenoxy) is 2. The van der Waals surface area contributed by atoms with Crippen LogP contribution < -0.4 is 9.47 Å². The highest BCUT2D eigenvalue weighted by atomic mass is 16.5. The zero-order valence-electron chi connectivity index (χ0n) is 16.5. The molecular formula is C20H26N2O7. The van der Waals surface area contributed by atoms with Gasteiger partial charge in [-0.15, -0.1) is 0 Å². The maximum absolute atomic E-state index is 9.10. The number of carboxylic acids is 2. The molecule has 1 aliphatic rings. The molecule has 2 heterocycles. The monoisotopic (exact) mass is 406 g/mol. The normalized spacial score (nSPS) is 14.6. The number of hydrogen-bond donors (Lipinski definition) is 2. The Morgan fingerprint density at radius 2 is 1.59 bits per heavy atom. The molecule has 1 aromatic carbocycles. The minimum Gasteiger partial charge on any atom is -0.497 e. The van der Waals surface area contributed by atoms with E-state index in [2.05, 4.69) is 15.9 Å². The van der Waals surface area contributed by atoms with Gasteiger partial charge in [0, 0.05) is 38.3 Å². The van der Waals surface area contributed by atoms with Crippen LogP contribution in [-0.2, 0) is 22.7 Å². The number of aliphatic carboxylic acids is 2. The lowest BCUT2D eigenvalue weighted by Crippen LogP contribution is -2.45. The summed E-state index contributed by atoms with van der Waals surface area (Å²) in [5.74, 6) is -0.820. The quantitative estimate of drug-likeness (QED) is 0.693. The number of furan rings is 1. The molecule has 0 bridgehead atoms. The van der Waals surface area contributed by atoms with Crippen molar-refractivity contribution in [2.75, 3.05) is 40.4 Å². The molecule has 2 aromatic rings. The summed E-state index contributed by atoms with van der Waals surface area (Å²) in [6, 6.07) is 9.95. The maximum Gasteiger partial charge on any atom is 0.414 e. The molecule has 0 radical (unpaired) electrons. The first-order valence-corrected chi connectivity index (χ1v) is 9.07. The van der Waals surface area contributed by atoms with Gasteiger partial charge in [-0.05, 0) is 30.3 Å². The van der Waals surface area contributed by atoms with Crippen LogP contribution in [0.2, 0.25) is 0 Å². The van der Waals surface area contributed by atoms with E-state index in [0.717, 1.165) is 56.5 Å². The Balaban J connectivity index is 0.000000438. The number of carboxylic acid groups (broad SMARTS) is 2. The maximum atomic E-state index is 9.10. The molecule has 0 atom stereocenters. The molecule has 1 aliphatic heterocycles. The van der Waals surface area contributed by atoms with Gasteiger partial charge in [0.25, 0.3) is 0 Å². The third-order valence-electron chi connectivity index (χ3n) is 4.49. The van der Waals surface area contributed by atoms with E-state index in [1.165, 1.54) is 5.56 Å². The third-order valence-corrected chi connectivity index (χ3v) is 4.49. The van der Waals surface area contributed by atoms with Crippen molar-refractivity contribution in [3.63, 3.8) is 0 Å². The Morgan fingerprint density at radius 1 is 0.966 bits per heavy atom. The summed E-state index contributed by atoms with van der Waals surface area (Å²) in [6.45, 7) is 5.96. The molecule has 0 spiro atoms. The van der Waals surface area contributed by atoms with Gasteiger partial charge in [0.05, 0.1) is 27.0 Å². The molecule has 1 saturated heterocycles. The summed E-state index contributed by atoms with van der Waals surface area (Å²) in [5.41, 5.74) is 1.17. The van der Waals surface area contributed by atoms with E-state index in [9.17, 15) is 0 Å². The van der Waals surface area contributed by atoms with Crippen LogP contribution in [0.1, 0.15) is 11.3 Å². The van der Waals surface area contributed by atoms with Crippen molar-refractivity contribution in [1.29, 1.82) is 0 Å². The fourth-order valence-corrected chi connectivity index (χ4v) is 2.97. The zero-order chi connectivity index (χ0) is 21.2. The molecule has 0 unspecified atom stereocenters. The van der Waals surface area contributed by atoms with Crippen molar-refractivity contribution in [1.82, 2.24) is 9.80 Å². The second kappa shape index (κ2) is 11.1. The van der Waals surface area contributed by atoms with E-state index in [-0.39, 0.29) is 0 Å². The van der Waals surface area contributed by atoms with Crippen molar-refractivity contribution >= 4 is 11.9 Å². The topological polar surface area (TPSA) is 113 Å². The highest BCUT2D eigenvalue weighted by molar-refractivity contribution is 6.27. The molecule has 158 valence electrons. The Hall–Kier alpha value is -3.04. The van der Waals surface area contributed by atoms with Crippen molar-refractivity contribution in [2.45, 2.75) is 13.1 Å². The second-order valence-electron chi connectivity index (χ2n) is 6.42. The van der Waals surface area contributed by atoms with Crippen LogP contribution in [0.25, 0.3) is 0 Å². The summed E-state index contributed by atoms with van der Waals surface area (Å²) in [7, 11) is 3.41. The Morgan fingerprint density at radius 3 is 2.07 bits per heavy atom. The number of benzene rings is 1. The Kier molecular flexibility index (Phi) is 8.50. The molecule has 0 aliphatic carbocycles. The van der Waals surface area contributed by atoms with Gasteiger partial charge in [-0.1, -0.05) is 0 Å². The predicted octanol–water partition coefficient (Wildman–Crippen LogP) is 1.77. The minimum atomic E-state index is -1.82. The summed E-state index contributed by atoms with van der Waals surface area (Å²) in [5, 5.41) is 14.8. The van der Waals surface area contributed by atoms with Gasteiger partial charge in [-0.2, -0.15) is 0 Å². The number of hydrogen-bond acceptors (Lipinski definition) is 7. The number of piperazine rings is 1. The SMILES string of the molecule is COc1ccc(OC)c(CN2CCN(Cc3ccco3)CC2)c1.O=C(O)C(=O)O. The third kappa shape index (κ3) is 7.13. The van der Waals surface area contributed by atoms with Crippen molar-refractivity contribution in [2.24, 2.45) is 0 Å². The lowest BCUT2D eigenvalue weighted by Gasteiger charge is -2.34. The molecule has 29 heavy (non-hydrogen) atoms. The summed E-state index contributed by atoms with van der Waals surface area (Å²) in [4.78, 5) is 23.1. The smallest absolute Gasteiger partial charge is 0.414 e. The van der Waals surface area contributed by atoms with Crippen LogP contribution in [0.3, 0.4) is 0 Å². The van der Waals surface area contributed by atoms with Gasteiger partial charge < -0.3 is 24.1 Å². The van der Waals surface area contributed by atoms with Crippen LogP contribution >= 0.6 is 0 Å². The molecule has 1 fully saturated rings.